The average Bonchev–Trinajstić information content (AvgIpc) is 2.40. The molecule has 0 saturated heterocycles. The first-order valence-corrected chi connectivity index (χ1v) is 7.17. The summed E-state index contributed by atoms with van der Waals surface area (Å²) in [4.78, 5) is 11.8. The number of amides is 1. The fourth-order valence-corrected chi connectivity index (χ4v) is 2.23. The monoisotopic (exact) mass is 382 g/mol. The fourth-order valence-electron chi connectivity index (χ4n) is 1.72. The van der Waals surface area contributed by atoms with Gasteiger partial charge in [0.2, 0.25) is 0 Å². The first-order valence-electron chi connectivity index (χ1n) is 6.09. The Morgan fingerprint density at radius 3 is 2.80 bits per heavy atom. The molecular formula is C15H15IN2O2. The number of aryl methyl sites for hydroxylation is 1. The van der Waals surface area contributed by atoms with Crippen molar-refractivity contribution < 1.29 is 9.53 Å². The number of carbonyl (C=O) groups is 1. The number of nitrogens with two attached hydrogens (primary N) is 1. The summed E-state index contributed by atoms with van der Waals surface area (Å²) in [6, 6.07) is 12.9. The molecule has 0 radical (unpaired) electrons. The third-order valence-electron chi connectivity index (χ3n) is 2.69. The molecule has 0 heterocycles. The highest BCUT2D eigenvalue weighted by molar-refractivity contribution is 14.1. The molecule has 0 spiro atoms. The van der Waals surface area contributed by atoms with Crippen molar-refractivity contribution >= 4 is 39.9 Å². The Bertz CT molecular complexity index is 629. The predicted octanol–water partition coefficient (Wildman–Crippen LogP) is 3.20. The van der Waals surface area contributed by atoms with Crippen molar-refractivity contribution in [3.63, 3.8) is 0 Å². The van der Waals surface area contributed by atoms with Gasteiger partial charge in [-0.25, -0.2) is 0 Å². The molecule has 3 N–H and O–H groups in total. The standard InChI is InChI=1S/C15H15IN2O2/c1-10-7-12(17)5-6-14(10)18-15(19)9-20-13-4-2-3-11(16)8-13/h2-8H,9,17H2,1H3,(H,18,19). The summed E-state index contributed by atoms with van der Waals surface area (Å²) in [5, 5.41) is 2.80. The number of hydrogen-bond acceptors (Lipinski definition) is 3. The normalized spacial score (nSPS) is 10.1. The zero-order valence-electron chi connectivity index (χ0n) is 11.0. The number of rotatable bonds is 4. The van der Waals surface area contributed by atoms with Gasteiger partial charge in [-0.05, 0) is 71.5 Å². The van der Waals surface area contributed by atoms with Crippen LogP contribution in [0.2, 0.25) is 0 Å². The van der Waals surface area contributed by atoms with E-state index >= 15 is 0 Å². The summed E-state index contributed by atoms with van der Waals surface area (Å²) >= 11 is 2.20. The average molecular weight is 382 g/mol. The van der Waals surface area contributed by atoms with Crippen LogP contribution in [0.1, 0.15) is 5.56 Å². The Kier molecular flexibility index (Phi) is 4.84. The van der Waals surface area contributed by atoms with Crippen LogP contribution in [-0.2, 0) is 4.79 Å². The van der Waals surface area contributed by atoms with E-state index in [0.717, 1.165) is 14.8 Å². The van der Waals surface area contributed by atoms with Gasteiger partial charge in [-0.3, -0.25) is 4.79 Å². The highest BCUT2D eigenvalue weighted by Gasteiger charge is 2.06. The number of hydrogen-bond donors (Lipinski definition) is 2. The quantitative estimate of drug-likeness (QED) is 0.631. The number of nitrogen functional groups attached to an aromatic ring is 1. The molecule has 0 unspecified atom stereocenters. The zero-order valence-corrected chi connectivity index (χ0v) is 13.2. The first-order chi connectivity index (χ1) is 9.54. The molecule has 0 atom stereocenters. The number of carbonyl (C=O) groups excluding carboxylic acids is 1. The molecule has 2 aromatic rings. The van der Waals surface area contributed by atoms with Gasteiger partial charge in [0.25, 0.3) is 5.91 Å². The van der Waals surface area contributed by atoms with E-state index < -0.39 is 0 Å². The second kappa shape index (κ2) is 6.60. The fraction of sp³-hybridized carbons (Fsp3) is 0.133. The predicted molar refractivity (Wildman–Crippen MR) is 88.9 cm³/mol. The lowest BCUT2D eigenvalue weighted by Crippen LogP contribution is -2.20. The Hall–Kier alpha value is -1.76. The summed E-state index contributed by atoms with van der Waals surface area (Å²) in [5.41, 5.74) is 8.02. The molecule has 4 nitrogen and oxygen atoms in total. The summed E-state index contributed by atoms with van der Waals surface area (Å²) in [6.45, 7) is 1.87. The Morgan fingerprint density at radius 2 is 2.10 bits per heavy atom. The SMILES string of the molecule is Cc1cc(N)ccc1NC(=O)COc1cccc(I)c1. The molecule has 104 valence electrons. The lowest BCUT2D eigenvalue weighted by Gasteiger charge is -2.10. The van der Waals surface area contributed by atoms with Crippen molar-refractivity contribution in [1.29, 1.82) is 0 Å². The molecule has 0 saturated carbocycles. The Balaban J connectivity index is 1.92. The van der Waals surface area contributed by atoms with E-state index in [2.05, 4.69) is 27.9 Å². The van der Waals surface area contributed by atoms with Gasteiger partial charge in [0, 0.05) is 14.9 Å². The van der Waals surface area contributed by atoms with Crippen LogP contribution in [-0.4, -0.2) is 12.5 Å². The molecule has 0 aliphatic heterocycles. The van der Waals surface area contributed by atoms with E-state index in [1.165, 1.54) is 0 Å². The third kappa shape index (κ3) is 4.12. The molecule has 0 fully saturated rings. The highest BCUT2D eigenvalue weighted by atomic mass is 127. The molecule has 0 aliphatic carbocycles. The Morgan fingerprint density at radius 1 is 1.30 bits per heavy atom. The van der Waals surface area contributed by atoms with Crippen LogP contribution in [0.3, 0.4) is 0 Å². The molecule has 5 heteroatoms. The molecular weight excluding hydrogens is 367 g/mol. The summed E-state index contributed by atoms with van der Waals surface area (Å²) in [7, 11) is 0. The molecule has 1 amide bonds. The van der Waals surface area contributed by atoms with Gasteiger partial charge in [0.15, 0.2) is 6.61 Å². The van der Waals surface area contributed by atoms with Crippen LogP contribution in [0, 0.1) is 10.5 Å². The van der Waals surface area contributed by atoms with Crippen molar-refractivity contribution in [3.8, 4) is 5.75 Å². The smallest absolute Gasteiger partial charge is 0.262 e. The van der Waals surface area contributed by atoms with E-state index in [0.29, 0.717) is 11.4 Å². The van der Waals surface area contributed by atoms with Gasteiger partial charge in [-0.15, -0.1) is 0 Å². The molecule has 0 aromatic heterocycles. The van der Waals surface area contributed by atoms with Gasteiger partial charge in [0.1, 0.15) is 5.75 Å². The lowest BCUT2D eigenvalue weighted by molar-refractivity contribution is -0.118. The molecule has 20 heavy (non-hydrogen) atoms. The maximum atomic E-state index is 11.8. The lowest BCUT2D eigenvalue weighted by atomic mass is 10.2. The largest absolute Gasteiger partial charge is 0.484 e. The maximum Gasteiger partial charge on any atom is 0.262 e. The van der Waals surface area contributed by atoms with Crippen LogP contribution in [0.15, 0.2) is 42.5 Å². The van der Waals surface area contributed by atoms with Crippen LogP contribution < -0.4 is 15.8 Å². The number of ether oxygens (including phenoxy) is 1. The number of nitrogens with one attached hydrogen (secondary N) is 1. The van der Waals surface area contributed by atoms with Crippen LogP contribution in [0.4, 0.5) is 11.4 Å². The molecule has 0 aliphatic rings. The van der Waals surface area contributed by atoms with E-state index in [1.807, 2.05) is 37.3 Å². The zero-order chi connectivity index (χ0) is 14.5. The van der Waals surface area contributed by atoms with Gasteiger partial charge in [-0.1, -0.05) is 6.07 Å². The van der Waals surface area contributed by atoms with Crippen molar-refractivity contribution in [1.82, 2.24) is 0 Å². The summed E-state index contributed by atoms with van der Waals surface area (Å²) in [5.74, 6) is 0.484. The second-order valence-corrected chi connectivity index (χ2v) is 5.61. The topological polar surface area (TPSA) is 64.3 Å². The van der Waals surface area contributed by atoms with Gasteiger partial charge in [-0.2, -0.15) is 0 Å². The van der Waals surface area contributed by atoms with Crippen molar-refractivity contribution in [2.45, 2.75) is 6.92 Å². The van der Waals surface area contributed by atoms with Crippen molar-refractivity contribution in [2.24, 2.45) is 0 Å². The molecule has 0 bridgehead atoms. The minimum atomic E-state index is -0.197. The van der Waals surface area contributed by atoms with Gasteiger partial charge < -0.3 is 15.8 Å². The van der Waals surface area contributed by atoms with E-state index in [9.17, 15) is 4.79 Å². The number of anilines is 2. The van der Waals surface area contributed by atoms with Crippen LogP contribution in [0.25, 0.3) is 0 Å². The third-order valence-corrected chi connectivity index (χ3v) is 3.36. The second-order valence-electron chi connectivity index (χ2n) is 4.37. The maximum absolute atomic E-state index is 11.8. The number of benzene rings is 2. The van der Waals surface area contributed by atoms with E-state index in [-0.39, 0.29) is 12.5 Å². The van der Waals surface area contributed by atoms with Crippen LogP contribution in [0.5, 0.6) is 5.75 Å². The minimum absolute atomic E-state index is 0.0239. The molecule has 2 aromatic carbocycles. The summed E-state index contributed by atoms with van der Waals surface area (Å²) in [6.07, 6.45) is 0. The number of halogens is 1. The Labute approximate surface area is 131 Å². The minimum Gasteiger partial charge on any atom is -0.484 e. The first kappa shape index (κ1) is 14.6. The van der Waals surface area contributed by atoms with Crippen LogP contribution >= 0.6 is 22.6 Å². The summed E-state index contributed by atoms with van der Waals surface area (Å²) < 4.78 is 6.51. The molecule has 2 rings (SSSR count). The highest BCUT2D eigenvalue weighted by Crippen LogP contribution is 2.18. The van der Waals surface area contributed by atoms with Crippen molar-refractivity contribution in [3.05, 3.63) is 51.6 Å². The van der Waals surface area contributed by atoms with Gasteiger partial charge in [0.05, 0.1) is 0 Å². The van der Waals surface area contributed by atoms with Crippen molar-refractivity contribution in [2.75, 3.05) is 17.7 Å². The van der Waals surface area contributed by atoms with E-state index in [4.69, 9.17) is 10.5 Å². The van der Waals surface area contributed by atoms with E-state index in [1.54, 1.807) is 12.1 Å². The van der Waals surface area contributed by atoms with Gasteiger partial charge >= 0.3 is 0 Å².